The predicted molar refractivity (Wildman–Crippen MR) is 161 cm³/mol. The summed E-state index contributed by atoms with van der Waals surface area (Å²) in [6.07, 6.45) is 1.79. The van der Waals surface area contributed by atoms with E-state index in [9.17, 15) is 14.9 Å². The number of hydrogen-bond acceptors (Lipinski definition) is 8. The molecule has 2 aromatic carbocycles. The fourth-order valence-electron chi connectivity index (χ4n) is 5.36. The maximum atomic E-state index is 14.2. The van der Waals surface area contributed by atoms with E-state index < -0.39 is 12.0 Å². The Balaban J connectivity index is 1.75. The first-order chi connectivity index (χ1) is 20.2. The van der Waals surface area contributed by atoms with Gasteiger partial charge < -0.3 is 18.8 Å². The molecule has 216 valence electrons. The van der Waals surface area contributed by atoms with Gasteiger partial charge in [0.15, 0.2) is 16.3 Å². The van der Waals surface area contributed by atoms with E-state index in [0.29, 0.717) is 32.1 Å². The number of aromatic nitrogens is 2. The molecule has 10 heteroatoms. The minimum atomic E-state index is -0.787. The van der Waals surface area contributed by atoms with E-state index in [0.717, 1.165) is 22.2 Å². The van der Waals surface area contributed by atoms with Crippen LogP contribution < -0.4 is 24.4 Å². The summed E-state index contributed by atoms with van der Waals surface area (Å²) < 4.78 is 20.9. The van der Waals surface area contributed by atoms with E-state index in [4.69, 9.17) is 14.2 Å². The molecule has 0 spiro atoms. The summed E-state index contributed by atoms with van der Waals surface area (Å²) in [5.41, 5.74) is 3.82. The molecule has 9 nitrogen and oxygen atoms in total. The van der Waals surface area contributed by atoms with E-state index in [1.54, 1.807) is 37.7 Å². The molecule has 2 aromatic heterocycles. The first kappa shape index (κ1) is 28.9. The smallest absolute Gasteiger partial charge is 0.338 e. The van der Waals surface area contributed by atoms with Crippen LogP contribution in [0.1, 0.15) is 50.6 Å². The highest BCUT2D eigenvalue weighted by molar-refractivity contribution is 7.07. The molecule has 4 aromatic rings. The average molecular weight is 585 g/mol. The third-order valence-corrected chi connectivity index (χ3v) is 8.15. The predicted octanol–water partition coefficient (Wildman–Crippen LogP) is 4.38. The molecule has 1 aliphatic rings. The molecule has 3 heterocycles. The highest BCUT2D eigenvalue weighted by atomic mass is 32.1. The summed E-state index contributed by atoms with van der Waals surface area (Å²) in [6.45, 7) is 9.67. The van der Waals surface area contributed by atoms with Crippen molar-refractivity contribution in [3.8, 4) is 17.6 Å². The maximum Gasteiger partial charge on any atom is 0.338 e. The molecule has 0 fully saturated rings. The van der Waals surface area contributed by atoms with Crippen molar-refractivity contribution in [2.45, 2.75) is 53.3 Å². The highest BCUT2D eigenvalue weighted by Gasteiger charge is 2.34. The minimum Gasteiger partial charge on any atom is -0.493 e. The number of para-hydroxylation sites is 1. The van der Waals surface area contributed by atoms with Crippen molar-refractivity contribution in [3.05, 3.63) is 90.2 Å². The number of carbonyl (C=O) groups is 1. The number of allylic oxidation sites excluding steroid dienone is 1. The summed E-state index contributed by atoms with van der Waals surface area (Å²) in [7, 11) is 1.55. The van der Waals surface area contributed by atoms with Crippen LogP contribution in [0.4, 0.5) is 0 Å². The Morgan fingerprint density at radius 1 is 1.19 bits per heavy atom. The second-order valence-corrected chi connectivity index (χ2v) is 11.1. The Labute approximate surface area is 247 Å². The number of hydrogen-bond donors (Lipinski definition) is 0. The number of benzene rings is 2. The zero-order valence-corrected chi connectivity index (χ0v) is 25.2. The molecule has 0 saturated carbocycles. The van der Waals surface area contributed by atoms with Gasteiger partial charge in [0, 0.05) is 22.2 Å². The van der Waals surface area contributed by atoms with Crippen molar-refractivity contribution in [1.29, 1.82) is 5.26 Å². The number of carbonyl (C=O) groups excluding carboxylic acids is 1. The van der Waals surface area contributed by atoms with Crippen LogP contribution in [0.15, 0.2) is 63.5 Å². The normalized spacial score (nSPS) is 15.0. The molecular weight excluding hydrogens is 552 g/mol. The topological polar surface area (TPSA) is 108 Å². The lowest BCUT2D eigenvalue weighted by Crippen LogP contribution is -2.40. The van der Waals surface area contributed by atoms with Gasteiger partial charge in [-0.2, -0.15) is 5.26 Å². The summed E-state index contributed by atoms with van der Waals surface area (Å²) in [5, 5.41) is 10.4. The summed E-state index contributed by atoms with van der Waals surface area (Å²) in [5.74, 6) is 0.517. The lowest BCUT2D eigenvalue weighted by atomic mass is 9.95. The zero-order valence-electron chi connectivity index (χ0n) is 24.4. The third-order valence-electron chi connectivity index (χ3n) is 7.17. The average Bonchev–Trinajstić information content (AvgIpc) is 3.41. The van der Waals surface area contributed by atoms with Crippen LogP contribution in [-0.2, 0) is 16.1 Å². The first-order valence-corrected chi connectivity index (χ1v) is 14.5. The highest BCUT2D eigenvalue weighted by Crippen LogP contribution is 2.36. The number of ether oxygens (including phenoxy) is 3. The molecule has 1 aliphatic heterocycles. The van der Waals surface area contributed by atoms with Gasteiger partial charge >= 0.3 is 5.97 Å². The monoisotopic (exact) mass is 584 g/mol. The molecular formula is C32H32N4O5S. The van der Waals surface area contributed by atoms with Crippen molar-refractivity contribution in [3.63, 3.8) is 0 Å². The molecule has 0 N–H and O–H groups in total. The van der Waals surface area contributed by atoms with Gasteiger partial charge in [-0.25, -0.2) is 9.79 Å². The lowest BCUT2D eigenvalue weighted by Gasteiger charge is -2.25. The van der Waals surface area contributed by atoms with Crippen LogP contribution in [0.3, 0.4) is 0 Å². The lowest BCUT2D eigenvalue weighted by molar-refractivity contribution is -0.139. The standard InChI is InChI=1S/C32H32N4O5S/c1-7-40-31(38)28-19(4)34-32-36(29(28)21-12-13-25(41-18(2)3)26(16-21)39-6)30(37)27(42-32)17-23-20(5)35(15-14-33)24-11-9-8-10-22(23)24/h8-13,16-18,29H,7,15H2,1-6H3/b27-17+/t29-/m1/s1. The summed E-state index contributed by atoms with van der Waals surface area (Å²) in [4.78, 5) is 32.6. The quantitative estimate of drug-likeness (QED) is 0.285. The summed E-state index contributed by atoms with van der Waals surface area (Å²) >= 11 is 1.26. The van der Waals surface area contributed by atoms with Crippen LogP contribution in [0.5, 0.6) is 11.5 Å². The Morgan fingerprint density at radius 3 is 2.64 bits per heavy atom. The fraction of sp³-hybridized carbons (Fsp3) is 0.312. The van der Waals surface area contributed by atoms with Gasteiger partial charge in [0.05, 0.1) is 47.7 Å². The van der Waals surface area contributed by atoms with Gasteiger partial charge in [-0.05, 0) is 64.5 Å². The SMILES string of the molecule is CCOC(=O)C1=C(C)N=c2s/c(=C/c3c(C)n(CC#N)c4ccccc34)c(=O)n2[C@@H]1c1ccc(OC(C)C)c(OC)c1. The van der Waals surface area contributed by atoms with E-state index in [1.807, 2.05) is 61.7 Å². The number of rotatable bonds is 8. The molecule has 42 heavy (non-hydrogen) atoms. The van der Waals surface area contributed by atoms with E-state index >= 15 is 0 Å². The molecule has 0 saturated heterocycles. The van der Waals surface area contributed by atoms with Crippen molar-refractivity contribution < 1.29 is 19.0 Å². The van der Waals surface area contributed by atoms with E-state index in [-0.39, 0.29) is 30.4 Å². The van der Waals surface area contributed by atoms with Crippen molar-refractivity contribution >= 4 is 34.3 Å². The number of nitrogens with zero attached hydrogens (tertiary/aromatic N) is 4. The van der Waals surface area contributed by atoms with Crippen molar-refractivity contribution in [1.82, 2.24) is 9.13 Å². The van der Waals surface area contributed by atoms with E-state index in [1.165, 1.54) is 11.3 Å². The largest absolute Gasteiger partial charge is 0.493 e. The Hall–Kier alpha value is -4.62. The van der Waals surface area contributed by atoms with Crippen LogP contribution in [0, 0.1) is 18.3 Å². The van der Waals surface area contributed by atoms with Gasteiger partial charge in [-0.15, -0.1) is 0 Å². The molecule has 0 radical (unpaired) electrons. The van der Waals surface area contributed by atoms with Crippen LogP contribution >= 0.6 is 11.3 Å². The number of nitriles is 1. The van der Waals surface area contributed by atoms with Gasteiger partial charge in [0.1, 0.15) is 6.54 Å². The molecule has 5 rings (SSSR count). The number of thiazole rings is 1. The summed E-state index contributed by atoms with van der Waals surface area (Å²) in [6, 6.07) is 14.7. The minimum absolute atomic E-state index is 0.0674. The second kappa shape index (κ2) is 11.7. The Morgan fingerprint density at radius 2 is 1.95 bits per heavy atom. The van der Waals surface area contributed by atoms with Crippen LogP contribution in [0.2, 0.25) is 0 Å². The number of fused-ring (bicyclic) bond motifs is 2. The van der Waals surface area contributed by atoms with Crippen molar-refractivity contribution in [2.75, 3.05) is 13.7 Å². The fourth-order valence-corrected chi connectivity index (χ4v) is 6.39. The maximum absolute atomic E-state index is 14.2. The van der Waals surface area contributed by atoms with Crippen molar-refractivity contribution in [2.24, 2.45) is 4.99 Å². The van der Waals surface area contributed by atoms with Gasteiger partial charge in [0.2, 0.25) is 0 Å². The third kappa shape index (κ3) is 5.01. The van der Waals surface area contributed by atoms with Crippen LogP contribution in [0.25, 0.3) is 17.0 Å². The molecule has 1 atom stereocenters. The molecule has 0 amide bonds. The molecule has 0 unspecified atom stereocenters. The first-order valence-electron chi connectivity index (χ1n) is 13.7. The van der Waals surface area contributed by atoms with Gasteiger partial charge in [-0.3, -0.25) is 9.36 Å². The Kier molecular flexibility index (Phi) is 8.05. The second-order valence-electron chi connectivity index (χ2n) is 10.1. The van der Waals surface area contributed by atoms with Gasteiger partial charge in [-0.1, -0.05) is 35.6 Å². The zero-order chi connectivity index (χ0) is 30.1. The van der Waals surface area contributed by atoms with Gasteiger partial charge in [0.25, 0.3) is 5.56 Å². The Bertz CT molecular complexity index is 1950. The number of esters is 1. The van der Waals surface area contributed by atoms with E-state index in [2.05, 4.69) is 11.1 Å². The van der Waals surface area contributed by atoms with Crippen LogP contribution in [-0.4, -0.2) is 34.9 Å². The molecule has 0 aliphatic carbocycles. The number of methoxy groups -OCH3 is 1. The molecule has 0 bridgehead atoms.